The zero-order chi connectivity index (χ0) is 13.8. The number of benzene rings is 1. The van der Waals surface area contributed by atoms with Crippen LogP contribution in [0, 0.1) is 25.2 Å². The summed E-state index contributed by atoms with van der Waals surface area (Å²) in [7, 11) is 0. The number of anilines is 1. The highest BCUT2D eigenvalue weighted by Gasteiger charge is 2.10. The van der Waals surface area contributed by atoms with Gasteiger partial charge in [0.15, 0.2) is 5.82 Å². The van der Waals surface area contributed by atoms with Crippen LogP contribution >= 0.6 is 11.6 Å². The Morgan fingerprint density at radius 1 is 1.32 bits per heavy atom. The van der Waals surface area contributed by atoms with Gasteiger partial charge in [0.1, 0.15) is 11.6 Å². The summed E-state index contributed by atoms with van der Waals surface area (Å²) in [5.74, 6) is 0.505. The van der Waals surface area contributed by atoms with Gasteiger partial charge in [0.05, 0.1) is 5.69 Å². The first kappa shape index (κ1) is 13.3. The summed E-state index contributed by atoms with van der Waals surface area (Å²) in [6, 6.07) is 9.70. The van der Waals surface area contributed by atoms with Crippen molar-refractivity contribution in [3.63, 3.8) is 0 Å². The molecule has 0 spiro atoms. The van der Waals surface area contributed by atoms with Crippen LogP contribution in [0.2, 0.25) is 5.02 Å². The second-order valence-electron chi connectivity index (χ2n) is 4.23. The number of aromatic nitrogens is 2. The Morgan fingerprint density at radius 3 is 2.79 bits per heavy atom. The molecule has 0 aliphatic heterocycles. The van der Waals surface area contributed by atoms with Crippen LogP contribution in [0.15, 0.2) is 24.3 Å². The molecule has 5 heteroatoms. The van der Waals surface area contributed by atoms with Crippen molar-refractivity contribution in [2.45, 2.75) is 20.4 Å². The van der Waals surface area contributed by atoms with Gasteiger partial charge in [-0.15, -0.1) is 5.10 Å². The standard InChI is InChI=1S/C14H13ClN4/c1-9-10(2)18-19-14(13(9)7-16)17-8-11-4-3-5-12(15)6-11/h3-6H,8H2,1-2H3,(H,17,19). The van der Waals surface area contributed by atoms with Crippen LogP contribution in [0.5, 0.6) is 0 Å². The SMILES string of the molecule is Cc1nnc(NCc2cccc(Cl)c2)c(C#N)c1C. The third-order valence-corrected chi connectivity index (χ3v) is 3.15. The second-order valence-corrected chi connectivity index (χ2v) is 4.67. The van der Waals surface area contributed by atoms with E-state index in [1.165, 1.54) is 0 Å². The second kappa shape index (κ2) is 5.68. The van der Waals surface area contributed by atoms with Gasteiger partial charge >= 0.3 is 0 Å². The molecule has 0 aliphatic carbocycles. The molecule has 0 unspecified atom stereocenters. The molecule has 2 aromatic rings. The van der Waals surface area contributed by atoms with Crippen LogP contribution in [0.3, 0.4) is 0 Å². The van der Waals surface area contributed by atoms with Crippen molar-refractivity contribution >= 4 is 17.4 Å². The monoisotopic (exact) mass is 272 g/mol. The molecule has 0 fully saturated rings. The van der Waals surface area contributed by atoms with Gasteiger partial charge < -0.3 is 5.32 Å². The van der Waals surface area contributed by atoms with E-state index in [0.29, 0.717) is 22.9 Å². The lowest BCUT2D eigenvalue weighted by Crippen LogP contribution is -2.07. The molecule has 1 N–H and O–H groups in total. The third-order valence-electron chi connectivity index (χ3n) is 2.92. The average molecular weight is 273 g/mol. The number of nitriles is 1. The fourth-order valence-corrected chi connectivity index (χ4v) is 1.91. The maximum absolute atomic E-state index is 9.19. The van der Waals surface area contributed by atoms with Gasteiger partial charge in [0.25, 0.3) is 0 Å². The van der Waals surface area contributed by atoms with E-state index in [-0.39, 0.29) is 0 Å². The maximum atomic E-state index is 9.19. The summed E-state index contributed by atoms with van der Waals surface area (Å²) in [6.45, 7) is 4.25. The molecule has 0 aliphatic rings. The Morgan fingerprint density at radius 2 is 2.11 bits per heavy atom. The molecule has 0 radical (unpaired) electrons. The van der Waals surface area contributed by atoms with E-state index in [2.05, 4.69) is 21.6 Å². The molecule has 0 bridgehead atoms. The van der Waals surface area contributed by atoms with Crippen LogP contribution in [0.25, 0.3) is 0 Å². The van der Waals surface area contributed by atoms with Crippen molar-refractivity contribution < 1.29 is 0 Å². The predicted octanol–water partition coefficient (Wildman–Crippen LogP) is 3.23. The number of aryl methyl sites for hydroxylation is 1. The molecule has 0 atom stereocenters. The zero-order valence-electron chi connectivity index (χ0n) is 10.7. The lowest BCUT2D eigenvalue weighted by atomic mass is 10.1. The molecule has 2 rings (SSSR count). The minimum Gasteiger partial charge on any atom is -0.363 e. The van der Waals surface area contributed by atoms with Gasteiger partial charge in [-0.05, 0) is 37.1 Å². The number of hydrogen-bond donors (Lipinski definition) is 1. The minimum absolute atomic E-state index is 0.505. The molecule has 0 amide bonds. The van der Waals surface area contributed by atoms with E-state index in [0.717, 1.165) is 16.8 Å². The normalized spacial score (nSPS) is 10.0. The first-order valence-electron chi connectivity index (χ1n) is 5.84. The Bertz CT molecular complexity index is 646. The van der Waals surface area contributed by atoms with Crippen LogP contribution in [-0.4, -0.2) is 10.2 Å². The van der Waals surface area contributed by atoms with Crippen LogP contribution in [0.1, 0.15) is 22.4 Å². The van der Waals surface area contributed by atoms with Gasteiger partial charge in [0.2, 0.25) is 0 Å². The average Bonchev–Trinajstić information content (AvgIpc) is 2.40. The summed E-state index contributed by atoms with van der Waals surface area (Å²) in [4.78, 5) is 0. The lowest BCUT2D eigenvalue weighted by Gasteiger charge is -2.09. The highest BCUT2D eigenvalue weighted by Crippen LogP contribution is 2.18. The Labute approximate surface area is 117 Å². The highest BCUT2D eigenvalue weighted by molar-refractivity contribution is 6.30. The molecule has 0 saturated carbocycles. The van der Waals surface area contributed by atoms with Gasteiger partial charge in [-0.25, -0.2) is 0 Å². The van der Waals surface area contributed by atoms with Crippen molar-refractivity contribution in [2.24, 2.45) is 0 Å². The number of rotatable bonds is 3. The Kier molecular flexibility index (Phi) is 3.98. The molecule has 0 saturated heterocycles. The topological polar surface area (TPSA) is 61.6 Å². The van der Waals surface area contributed by atoms with E-state index >= 15 is 0 Å². The number of nitrogens with zero attached hydrogens (tertiary/aromatic N) is 3. The Balaban J connectivity index is 2.21. The lowest BCUT2D eigenvalue weighted by molar-refractivity contribution is 0.941. The number of halogens is 1. The molecular formula is C14H13ClN4. The highest BCUT2D eigenvalue weighted by atomic mass is 35.5. The summed E-state index contributed by atoms with van der Waals surface area (Å²) < 4.78 is 0. The van der Waals surface area contributed by atoms with Gasteiger partial charge in [-0.2, -0.15) is 10.4 Å². The summed E-state index contributed by atoms with van der Waals surface area (Å²) in [5, 5.41) is 21.1. The van der Waals surface area contributed by atoms with E-state index in [1.54, 1.807) is 0 Å². The quantitative estimate of drug-likeness (QED) is 0.932. The fraction of sp³-hybridized carbons (Fsp3) is 0.214. The molecule has 1 heterocycles. The predicted molar refractivity (Wildman–Crippen MR) is 75.0 cm³/mol. The molecule has 4 nitrogen and oxygen atoms in total. The summed E-state index contributed by atoms with van der Waals surface area (Å²) in [6.07, 6.45) is 0. The van der Waals surface area contributed by atoms with Crippen LogP contribution in [-0.2, 0) is 6.54 Å². The molecular weight excluding hydrogens is 260 g/mol. The number of nitrogens with one attached hydrogen (secondary N) is 1. The summed E-state index contributed by atoms with van der Waals surface area (Å²) >= 11 is 5.92. The zero-order valence-corrected chi connectivity index (χ0v) is 11.5. The first-order chi connectivity index (χ1) is 9.11. The number of hydrogen-bond acceptors (Lipinski definition) is 4. The molecule has 1 aromatic carbocycles. The van der Waals surface area contributed by atoms with Crippen molar-refractivity contribution in [3.8, 4) is 6.07 Å². The minimum atomic E-state index is 0.505. The van der Waals surface area contributed by atoms with Crippen LogP contribution in [0.4, 0.5) is 5.82 Å². The van der Waals surface area contributed by atoms with E-state index in [4.69, 9.17) is 11.6 Å². The van der Waals surface area contributed by atoms with Crippen molar-refractivity contribution in [3.05, 3.63) is 51.7 Å². The van der Waals surface area contributed by atoms with E-state index in [1.807, 2.05) is 38.1 Å². The molecule has 19 heavy (non-hydrogen) atoms. The van der Waals surface area contributed by atoms with Gasteiger partial charge in [0, 0.05) is 11.6 Å². The third kappa shape index (κ3) is 3.01. The van der Waals surface area contributed by atoms with Crippen molar-refractivity contribution in [2.75, 3.05) is 5.32 Å². The molecule has 1 aromatic heterocycles. The van der Waals surface area contributed by atoms with Crippen molar-refractivity contribution in [1.29, 1.82) is 5.26 Å². The van der Waals surface area contributed by atoms with Crippen LogP contribution < -0.4 is 5.32 Å². The smallest absolute Gasteiger partial charge is 0.167 e. The van der Waals surface area contributed by atoms with Crippen molar-refractivity contribution in [1.82, 2.24) is 10.2 Å². The fourth-order valence-electron chi connectivity index (χ4n) is 1.70. The molecule has 96 valence electrons. The largest absolute Gasteiger partial charge is 0.363 e. The van der Waals surface area contributed by atoms with E-state index < -0.39 is 0 Å². The Hall–Kier alpha value is -2.12. The van der Waals surface area contributed by atoms with Gasteiger partial charge in [-0.1, -0.05) is 23.7 Å². The first-order valence-corrected chi connectivity index (χ1v) is 6.22. The summed E-state index contributed by atoms with van der Waals surface area (Å²) in [5.41, 5.74) is 3.18. The van der Waals surface area contributed by atoms with E-state index in [9.17, 15) is 5.26 Å². The van der Waals surface area contributed by atoms with Gasteiger partial charge in [-0.3, -0.25) is 0 Å². The maximum Gasteiger partial charge on any atom is 0.167 e.